The Hall–Kier alpha value is -0.610. The summed E-state index contributed by atoms with van der Waals surface area (Å²) in [7, 11) is 0. The molecule has 0 aromatic carbocycles. The van der Waals surface area contributed by atoms with Crippen molar-refractivity contribution in [3.8, 4) is 0 Å². The van der Waals surface area contributed by atoms with E-state index in [1.807, 2.05) is 6.92 Å². The predicted octanol–water partition coefficient (Wildman–Crippen LogP) is 2.87. The van der Waals surface area contributed by atoms with Gasteiger partial charge in [0.2, 0.25) is 0 Å². The Labute approximate surface area is 129 Å². The SMILES string of the molecule is CC(C)CN(CCCCC(C)(NC1CC1)C(=O)O)C1CC1. The van der Waals surface area contributed by atoms with Crippen molar-refractivity contribution >= 4 is 5.97 Å². The van der Waals surface area contributed by atoms with Gasteiger partial charge in [-0.05, 0) is 64.3 Å². The highest BCUT2D eigenvalue weighted by Crippen LogP contribution is 2.29. The molecule has 1 unspecified atom stereocenters. The van der Waals surface area contributed by atoms with Crippen molar-refractivity contribution in [2.45, 2.75) is 83.3 Å². The van der Waals surface area contributed by atoms with E-state index in [9.17, 15) is 9.90 Å². The van der Waals surface area contributed by atoms with Crippen LogP contribution in [0.25, 0.3) is 0 Å². The molecule has 2 fully saturated rings. The molecule has 0 amide bonds. The monoisotopic (exact) mass is 296 g/mol. The Morgan fingerprint density at radius 1 is 1.29 bits per heavy atom. The summed E-state index contributed by atoms with van der Waals surface area (Å²) in [5.41, 5.74) is -0.733. The molecule has 2 N–H and O–H groups in total. The maximum Gasteiger partial charge on any atom is 0.323 e. The van der Waals surface area contributed by atoms with Crippen LogP contribution < -0.4 is 5.32 Å². The zero-order valence-corrected chi connectivity index (χ0v) is 13.9. The average molecular weight is 296 g/mol. The third-order valence-corrected chi connectivity index (χ3v) is 4.61. The first-order chi connectivity index (χ1) is 9.90. The molecule has 122 valence electrons. The van der Waals surface area contributed by atoms with Crippen LogP contribution in [0.3, 0.4) is 0 Å². The summed E-state index contributed by atoms with van der Waals surface area (Å²) in [6.07, 6.45) is 7.80. The van der Waals surface area contributed by atoms with Crippen molar-refractivity contribution in [2.75, 3.05) is 13.1 Å². The molecule has 2 aliphatic rings. The van der Waals surface area contributed by atoms with Crippen LogP contribution in [0, 0.1) is 5.92 Å². The topological polar surface area (TPSA) is 52.6 Å². The first-order valence-corrected chi connectivity index (χ1v) is 8.66. The van der Waals surface area contributed by atoms with E-state index in [0.29, 0.717) is 12.0 Å². The van der Waals surface area contributed by atoms with Gasteiger partial charge in [-0.25, -0.2) is 0 Å². The van der Waals surface area contributed by atoms with Gasteiger partial charge >= 0.3 is 5.97 Å². The zero-order chi connectivity index (χ0) is 15.5. The van der Waals surface area contributed by atoms with Gasteiger partial charge < -0.3 is 10.0 Å². The van der Waals surface area contributed by atoms with Crippen molar-refractivity contribution in [1.29, 1.82) is 0 Å². The molecule has 0 radical (unpaired) electrons. The lowest BCUT2D eigenvalue weighted by atomic mass is 9.94. The van der Waals surface area contributed by atoms with Crippen molar-refractivity contribution in [3.63, 3.8) is 0 Å². The molecule has 2 aliphatic carbocycles. The van der Waals surface area contributed by atoms with Gasteiger partial charge in [0.15, 0.2) is 0 Å². The molecule has 2 rings (SSSR count). The number of rotatable bonds is 11. The van der Waals surface area contributed by atoms with E-state index in [-0.39, 0.29) is 0 Å². The van der Waals surface area contributed by atoms with Gasteiger partial charge in [-0.1, -0.05) is 13.8 Å². The second-order valence-corrected chi connectivity index (χ2v) is 7.63. The lowest BCUT2D eigenvalue weighted by molar-refractivity contribution is -0.144. The van der Waals surface area contributed by atoms with Crippen molar-refractivity contribution in [2.24, 2.45) is 5.92 Å². The summed E-state index contributed by atoms with van der Waals surface area (Å²) >= 11 is 0. The normalized spacial score (nSPS) is 21.8. The highest BCUT2D eigenvalue weighted by atomic mass is 16.4. The van der Waals surface area contributed by atoms with Crippen LogP contribution >= 0.6 is 0 Å². The second kappa shape index (κ2) is 7.10. The molecule has 0 bridgehead atoms. The van der Waals surface area contributed by atoms with Crippen LogP contribution in [0.15, 0.2) is 0 Å². The van der Waals surface area contributed by atoms with Crippen molar-refractivity contribution in [1.82, 2.24) is 10.2 Å². The van der Waals surface area contributed by atoms with E-state index in [0.717, 1.165) is 44.7 Å². The van der Waals surface area contributed by atoms with Crippen LogP contribution in [0.4, 0.5) is 0 Å². The number of carboxylic acid groups (broad SMARTS) is 1. The first-order valence-electron chi connectivity index (χ1n) is 8.66. The van der Waals surface area contributed by atoms with Crippen LogP contribution in [0.5, 0.6) is 0 Å². The van der Waals surface area contributed by atoms with Crippen molar-refractivity contribution in [3.05, 3.63) is 0 Å². The molecule has 4 nitrogen and oxygen atoms in total. The minimum atomic E-state index is -0.733. The zero-order valence-electron chi connectivity index (χ0n) is 13.9. The summed E-state index contributed by atoms with van der Waals surface area (Å²) in [4.78, 5) is 14.1. The summed E-state index contributed by atoms with van der Waals surface area (Å²) in [5, 5.41) is 12.8. The predicted molar refractivity (Wildman–Crippen MR) is 85.5 cm³/mol. The first kappa shape index (κ1) is 16.8. The minimum Gasteiger partial charge on any atom is -0.480 e. The smallest absolute Gasteiger partial charge is 0.323 e. The van der Waals surface area contributed by atoms with Crippen LogP contribution in [0.1, 0.15) is 65.7 Å². The standard InChI is InChI=1S/C17H32N2O2/c1-13(2)12-19(15-8-9-15)11-5-4-10-17(3,16(20)21)18-14-6-7-14/h13-15,18H,4-12H2,1-3H3,(H,20,21). The molecule has 0 saturated heterocycles. The largest absolute Gasteiger partial charge is 0.480 e. The van der Waals surface area contributed by atoms with Gasteiger partial charge in [-0.2, -0.15) is 0 Å². The van der Waals surface area contributed by atoms with E-state index < -0.39 is 11.5 Å². The van der Waals surface area contributed by atoms with E-state index in [4.69, 9.17) is 0 Å². The van der Waals surface area contributed by atoms with Gasteiger partial charge in [0.1, 0.15) is 5.54 Å². The molecular weight excluding hydrogens is 264 g/mol. The van der Waals surface area contributed by atoms with Crippen LogP contribution in [-0.4, -0.2) is 46.7 Å². The van der Waals surface area contributed by atoms with Gasteiger partial charge in [-0.3, -0.25) is 10.1 Å². The van der Waals surface area contributed by atoms with E-state index >= 15 is 0 Å². The van der Waals surface area contributed by atoms with Gasteiger partial charge in [0, 0.05) is 18.6 Å². The summed E-state index contributed by atoms with van der Waals surface area (Å²) in [5.74, 6) is 0.0158. The second-order valence-electron chi connectivity index (χ2n) is 7.63. The molecule has 0 aromatic heterocycles. The Morgan fingerprint density at radius 2 is 1.95 bits per heavy atom. The molecule has 2 saturated carbocycles. The van der Waals surface area contributed by atoms with Crippen molar-refractivity contribution < 1.29 is 9.90 Å². The molecule has 0 aromatic rings. The maximum absolute atomic E-state index is 11.5. The molecular formula is C17H32N2O2. The van der Waals surface area contributed by atoms with Crippen LogP contribution in [0.2, 0.25) is 0 Å². The lowest BCUT2D eigenvalue weighted by Crippen LogP contribution is -2.50. The molecule has 0 spiro atoms. The molecule has 0 heterocycles. The fourth-order valence-electron chi connectivity index (χ4n) is 3.04. The lowest BCUT2D eigenvalue weighted by Gasteiger charge is -2.28. The molecule has 4 heteroatoms. The minimum absolute atomic E-state index is 0.440. The number of unbranched alkanes of at least 4 members (excludes halogenated alkanes) is 1. The van der Waals surface area contributed by atoms with Crippen LogP contribution in [-0.2, 0) is 4.79 Å². The summed E-state index contributed by atoms with van der Waals surface area (Å²) in [6.45, 7) is 8.70. The number of aliphatic carboxylic acids is 1. The average Bonchev–Trinajstić information content (AvgIpc) is 3.24. The quantitative estimate of drug-likeness (QED) is 0.576. The van der Waals surface area contributed by atoms with E-state index in [1.54, 1.807) is 0 Å². The Balaban J connectivity index is 1.69. The van der Waals surface area contributed by atoms with Gasteiger partial charge in [-0.15, -0.1) is 0 Å². The van der Waals surface area contributed by atoms with Gasteiger partial charge in [0.05, 0.1) is 0 Å². The van der Waals surface area contributed by atoms with E-state index in [2.05, 4.69) is 24.1 Å². The number of carboxylic acids is 1. The fourth-order valence-corrected chi connectivity index (χ4v) is 3.04. The molecule has 1 atom stereocenters. The molecule has 21 heavy (non-hydrogen) atoms. The summed E-state index contributed by atoms with van der Waals surface area (Å²) in [6, 6.07) is 1.25. The Morgan fingerprint density at radius 3 is 2.43 bits per heavy atom. The fraction of sp³-hybridized carbons (Fsp3) is 0.941. The number of nitrogens with zero attached hydrogens (tertiary/aromatic N) is 1. The third-order valence-electron chi connectivity index (χ3n) is 4.61. The third kappa shape index (κ3) is 5.59. The molecule has 0 aliphatic heterocycles. The Kier molecular flexibility index (Phi) is 5.67. The highest BCUT2D eigenvalue weighted by Gasteiger charge is 2.38. The summed E-state index contributed by atoms with van der Waals surface area (Å²) < 4.78 is 0. The Bertz CT molecular complexity index is 351. The number of carbonyl (C=O) groups is 1. The number of nitrogens with one attached hydrogen (secondary N) is 1. The number of hydrogen-bond donors (Lipinski definition) is 2. The number of hydrogen-bond acceptors (Lipinski definition) is 3. The highest BCUT2D eigenvalue weighted by molar-refractivity contribution is 5.78. The van der Waals surface area contributed by atoms with Gasteiger partial charge in [0.25, 0.3) is 0 Å². The maximum atomic E-state index is 11.5. The van der Waals surface area contributed by atoms with E-state index in [1.165, 1.54) is 19.4 Å².